The SMILES string of the molecule is CCCCOc1ncc(C(F)(F)F)c(N(C)c2ccccc2OC(C)C)n1. The zero-order chi connectivity index (χ0) is 20.0. The molecule has 5 nitrogen and oxygen atoms in total. The van der Waals surface area contributed by atoms with Crippen molar-refractivity contribution in [2.45, 2.75) is 45.9 Å². The third kappa shape index (κ3) is 5.48. The number of nitrogens with zero attached hydrogens (tertiary/aromatic N) is 3. The van der Waals surface area contributed by atoms with Crippen LogP contribution in [-0.4, -0.2) is 29.7 Å². The third-order valence-electron chi connectivity index (χ3n) is 3.69. The van der Waals surface area contributed by atoms with Gasteiger partial charge in [-0.25, -0.2) is 4.98 Å². The van der Waals surface area contributed by atoms with Gasteiger partial charge in [-0.3, -0.25) is 0 Å². The minimum Gasteiger partial charge on any atom is -0.489 e. The number of halogens is 3. The molecule has 0 fully saturated rings. The fourth-order valence-corrected chi connectivity index (χ4v) is 2.39. The first-order chi connectivity index (χ1) is 12.7. The number of alkyl halides is 3. The van der Waals surface area contributed by atoms with Gasteiger partial charge in [-0.1, -0.05) is 25.5 Å². The van der Waals surface area contributed by atoms with E-state index in [0.29, 0.717) is 18.0 Å². The second-order valence-corrected chi connectivity index (χ2v) is 6.28. The Hall–Kier alpha value is -2.51. The second-order valence-electron chi connectivity index (χ2n) is 6.28. The maximum absolute atomic E-state index is 13.5. The molecule has 0 saturated carbocycles. The monoisotopic (exact) mass is 383 g/mol. The van der Waals surface area contributed by atoms with E-state index >= 15 is 0 Å². The van der Waals surface area contributed by atoms with Crippen LogP contribution in [0.4, 0.5) is 24.7 Å². The van der Waals surface area contributed by atoms with Crippen molar-refractivity contribution in [2.24, 2.45) is 0 Å². The van der Waals surface area contributed by atoms with Crippen LogP contribution in [0.3, 0.4) is 0 Å². The molecule has 0 N–H and O–H groups in total. The molecule has 0 saturated heterocycles. The first-order valence-electron chi connectivity index (χ1n) is 8.80. The summed E-state index contributed by atoms with van der Waals surface area (Å²) < 4.78 is 51.6. The Balaban J connectivity index is 2.46. The highest BCUT2D eigenvalue weighted by Gasteiger charge is 2.37. The van der Waals surface area contributed by atoms with Crippen LogP contribution in [0.1, 0.15) is 39.2 Å². The number of hydrogen-bond donors (Lipinski definition) is 0. The maximum atomic E-state index is 13.5. The van der Waals surface area contributed by atoms with Crippen LogP contribution in [0.25, 0.3) is 0 Å². The summed E-state index contributed by atoms with van der Waals surface area (Å²) in [4.78, 5) is 9.08. The van der Waals surface area contributed by atoms with E-state index in [2.05, 4.69) is 9.97 Å². The van der Waals surface area contributed by atoms with Crippen LogP contribution in [0, 0.1) is 0 Å². The number of hydrogen-bond acceptors (Lipinski definition) is 5. The Kier molecular flexibility index (Phi) is 6.87. The summed E-state index contributed by atoms with van der Waals surface area (Å²) in [5, 5.41) is 0. The summed E-state index contributed by atoms with van der Waals surface area (Å²) in [6, 6.07) is 6.79. The molecule has 0 aliphatic heterocycles. The van der Waals surface area contributed by atoms with E-state index in [4.69, 9.17) is 9.47 Å². The number of ether oxygens (including phenoxy) is 2. The minimum absolute atomic E-state index is 0.0828. The van der Waals surface area contributed by atoms with Crippen molar-refractivity contribution in [2.75, 3.05) is 18.6 Å². The molecule has 0 amide bonds. The molecule has 1 aromatic heterocycles. The van der Waals surface area contributed by atoms with Crippen LogP contribution < -0.4 is 14.4 Å². The molecule has 0 unspecified atom stereocenters. The topological polar surface area (TPSA) is 47.5 Å². The van der Waals surface area contributed by atoms with Crippen molar-refractivity contribution in [3.05, 3.63) is 36.0 Å². The molecule has 8 heteroatoms. The van der Waals surface area contributed by atoms with Gasteiger partial charge in [0.1, 0.15) is 11.3 Å². The Morgan fingerprint density at radius 2 is 1.89 bits per heavy atom. The largest absolute Gasteiger partial charge is 0.489 e. The Morgan fingerprint density at radius 1 is 1.19 bits per heavy atom. The van der Waals surface area contributed by atoms with Gasteiger partial charge in [0.2, 0.25) is 0 Å². The number of para-hydroxylation sites is 2. The van der Waals surface area contributed by atoms with E-state index < -0.39 is 11.7 Å². The molecule has 0 bridgehead atoms. The fraction of sp³-hybridized carbons (Fsp3) is 0.474. The quantitative estimate of drug-likeness (QED) is 0.584. The molecular formula is C19H24F3N3O2. The Labute approximate surface area is 157 Å². The molecule has 2 rings (SSSR count). The van der Waals surface area contributed by atoms with Crippen LogP contribution >= 0.6 is 0 Å². The van der Waals surface area contributed by atoms with E-state index in [-0.39, 0.29) is 17.9 Å². The van der Waals surface area contributed by atoms with Gasteiger partial charge in [-0.15, -0.1) is 0 Å². The molecule has 0 aliphatic rings. The minimum atomic E-state index is -4.60. The van der Waals surface area contributed by atoms with Crippen molar-refractivity contribution < 1.29 is 22.6 Å². The van der Waals surface area contributed by atoms with E-state index in [1.54, 1.807) is 24.3 Å². The Bertz CT molecular complexity index is 751. The lowest BCUT2D eigenvalue weighted by Gasteiger charge is -2.25. The summed E-state index contributed by atoms with van der Waals surface area (Å²) in [5.41, 5.74) is -0.470. The molecular weight excluding hydrogens is 359 g/mol. The van der Waals surface area contributed by atoms with E-state index in [0.717, 1.165) is 19.0 Å². The first-order valence-corrected chi connectivity index (χ1v) is 8.80. The predicted octanol–water partition coefficient (Wildman–Crippen LogP) is 5.23. The van der Waals surface area contributed by atoms with Crippen molar-refractivity contribution in [1.82, 2.24) is 9.97 Å². The maximum Gasteiger partial charge on any atom is 0.421 e. The van der Waals surface area contributed by atoms with Gasteiger partial charge in [0.15, 0.2) is 5.82 Å². The lowest BCUT2D eigenvalue weighted by atomic mass is 10.2. The van der Waals surface area contributed by atoms with Gasteiger partial charge in [-0.05, 0) is 32.4 Å². The van der Waals surface area contributed by atoms with Gasteiger partial charge in [0.05, 0.1) is 18.4 Å². The van der Waals surface area contributed by atoms with Crippen molar-refractivity contribution in [3.8, 4) is 11.8 Å². The number of anilines is 2. The van der Waals surface area contributed by atoms with Gasteiger partial charge >= 0.3 is 12.2 Å². The van der Waals surface area contributed by atoms with Crippen LogP contribution in [0.2, 0.25) is 0 Å². The van der Waals surface area contributed by atoms with Gasteiger partial charge in [0, 0.05) is 13.2 Å². The lowest BCUT2D eigenvalue weighted by Crippen LogP contribution is -2.20. The summed E-state index contributed by atoms with van der Waals surface area (Å²) >= 11 is 0. The molecule has 0 atom stereocenters. The summed E-state index contributed by atoms with van der Waals surface area (Å²) in [5.74, 6) is 0.180. The normalized spacial score (nSPS) is 11.6. The molecule has 1 heterocycles. The number of rotatable bonds is 8. The second kappa shape index (κ2) is 8.92. The van der Waals surface area contributed by atoms with Crippen molar-refractivity contribution in [1.29, 1.82) is 0 Å². The molecule has 148 valence electrons. The first kappa shape index (κ1) is 20.8. The van der Waals surface area contributed by atoms with Crippen molar-refractivity contribution in [3.63, 3.8) is 0 Å². The zero-order valence-corrected chi connectivity index (χ0v) is 15.9. The summed E-state index contributed by atoms with van der Waals surface area (Å²) in [6.45, 7) is 6.03. The molecule has 0 spiro atoms. The average Bonchev–Trinajstić information content (AvgIpc) is 2.60. The molecule has 2 aromatic rings. The highest BCUT2D eigenvalue weighted by Crippen LogP contribution is 2.40. The smallest absolute Gasteiger partial charge is 0.421 e. The third-order valence-corrected chi connectivity index (χ3v) is 3.69. The summed E-state index contributed by atoms with van der Waals surface area (Å²) in [7, 11) is 1.51. The van der Waals surface area contributed by atoms with E-state index in [1.165, 1.54) is 11.9 Å². The van der Waals surface area contributed by atoms with E-state index in [9.17, 15) is 13.2 Å². The standard InChI is InChI=1S/C19H24F3N3O2/c1-5-6-11-26-18-23-12-14(19(20,21)22)17(24-18)25(4)15-9-7-8-10-16(15)27-13(2)3/h7-10,12-13H,5-6,11H2,1-4H3. The van der Waals surface area contributed by atoms with Crippen LogP contribution in [-0.2, 0) is 6.18 Å². The number of benzene rings is 1. The molecule has 27 heavy (non-hydrogen) atoms. The molecule has 0 radical (unpaired) electrons. The summed E-state index contributed by atoms with van der Waals surface area (Å²) in [6.07, 6.45) is -2.31. The number of unbranched alkanes of at least 4 members (excludes halogenated alkanes) is 1. The zero-order valence-electron chi connectivity index (χ0n) is 15.9. The molecule has 0 aliphatic carbocycles. The van der Waals surface area contributed by atoms with Crippen molar-refractivity contribution >= 4 is 11.5 Å². The highest BCUT2D eigenvalue weighted by atomic mass is 19.4. The molecule has 1 aromatic carbocycles. The van der Waals surface area contributed by atoms with Gasteiger partial charge < -0.3 is 14.4 Å². The lowest BCUT2D eigenvalue weighted by molar-refractivity contribution is -0.137. The average molecular weight is 383 g/mol. The van der Waals surface area contributed by atoms with Crippen LogP contribution in [0.15, 0.2) is 30.5 Å². The predicted molar refractivity (Wildman–Crippen MR) is 97.7 cm³/mol. The Morgan fingerprint density at radius 3 is 2.52 bits per heavy atom. The van der Waals surface area contributed by atoms with Crippen LogP contribution in [0.5, 0.6) is 11.8 Å². The van der Waals surface area contributed by atoms with Gasteiger partial charge in [-0.2, -0.15) is 18.2 Å². The fourth-order valence-electron chi connectivity index (χ4n) is 2.39. The highest BCUT2D eigenvalue weighted by molar-refractivity contribution is 5.68. The van der Waals surface area contributed by atoms with E-state index in [1.807, 2.05) is 20.8 Å². The van der Waals surface area contributed by atoms with Gasteiger partial charge in [0.25, 0.3) is 0 Å². The number of aromatic nitrogens is 2.